The molecule has 3 aromatic rings. The quantitative estimate of drug-likeness (QED) is 0.573. The average molecular weight is 240 g/mol. The van der Waals surface area contributed by atoms with Crippen molar-refractivity contribution in [3.8, 4) is 0 Å². The van der Waals surface area contributed by atoms with Crippen molar-refractivity contribution in [2.45, 2.75) is 13.8 Å². The molecule has 2 aromatic carbocycles. The van der Waals surface area contributed by atoms with Crippen molar-refractivity contribution in [3.05, 3.63) is 47.0 Å². The second-order valence-corrected chi connectivity index (χ2v) is 5.41. The fourth-order valence-electron chi connectivity index (χ4n) is 2.44. The van der Waals surface area contributed by atoms with Crippen LogP contribution in [0.2, 0.25) is 0 Å². The topological polar surface area (TPSA) is 17.1 Å². The molecule has 0 saturated heterocycles. The molecule has 3 rings (SSSR count). The molecule has 17 heavy (non-hydrogen) atoms. The number of rotatable bonds is 1. The maximum absolute atomic E-state index is 11.2. The van der Waals surface area contributed by atoms with Crippen molar-refractivity contribution >= 4 is 37.8 Å². The van der Waals surface area contributed by atoms with Gasteiger partial charge in [0.05, 0.1) is 0 Å². The number of thiophene rings is 1. The van der Waals surface area contributed by atoms with E-state index in [1.165, 1.54) is 20.2 Å². The van der Waals surface area contributed by atoms with Crippen LogP contribution in [0.1, 0.15) is 21.5 Å². The van der Waals surface area contributed by atoms with Gasteiger partial charge in [-0.15, -0.1) is 11.3 Å². The third-order valence-electron chi connectivity index (χ3n) is 3.29. The number of aldehydes is 1. The summed E-state index contributed by atoms with van der Waals surface area (Å²) in [5, 5.41) is 2.49. The lowest BCUT2D eigenvalue weighted by Crippen LogP contribution is -1.91. The molecule has 0 unspecified atom stereocenters. The monoisotopic (exact) mass is 240 g/mol. The largest absolute Gasteiger partial charge is 0.298 e. The summed E-state index contributed by atoms with van der Waals surface area (Å²) in [5.74, 6) is 0. The fourth-order valence-corrected chi connectivity index (χ4v) is 3.70. The Bertz CT molecular complexity index is 737. The molecular weight excluding hydrogens is 228 g/mol. The number of hydrogen-bond donors (Lipinski definition) is 0. The zero-order valence-corrected chi connectivity index (χ0v) is 10.6. The number of hydrogen-bond acceptors (Lipinski definition) is 2. The van der Waals surface area contributed by atoms with E-state index >= 15 is 0 Å². The van der Waals surface area contributed by atoms with Gasteiger partial charge in [-0.1, -0.05) is 18.2 Å². The van der Waals surface area contributed by atoms with E-state index in [0.29, 0.717) is 0 Å². The lowest BCUT2D eigenvalue weighted by atomic mass is 9.98. The number of carbonyl (C=O) groups excluding carboxylic acids is 1. The van der Waals surface area contributed by atoms with Gasteiger partial charge in [-0.2, -0.15) is 0 Å². The van der Waals surface area contributed by atoms with Gasteiger partial charge in [-0.3, -0.25) is 4.79 Å². The van der Waals surface area contributed by atoms with Crippen LogP contribution in [0.25, 0.3) is 20.2 Å². The SMILES string of the molecule is Cc1cc2sc3ccccc3c2c(C)c1C=O. The van der Waals surface area contributed by atoms with Crippen molar-refractivity contribution in [2.75, 3.05) is 0 Å². The average Bonchev–Trinajstić information content (AvgIpc) is 2.67. The first-order valence-corrected chi connectivity index (χ1v) is 6.40. The highest BCUT2D eigenvalue weighted by Crippen LogP contribution is 2.37. The zero-order chi connectivity index (χ0) is 12.0. The molecule has 84 valence electrons. The summed E-state index contributed by atoms with van der Waals surface area (Å²) in [6, 6.07) is 10.5. The van der Waals surface area contributed by atoms with E-state index in [9.17, 15) is 4.79 Å². The van der Waals surface area contributed by atoms with Gasteiger partial charge in [0.2, 0.25) is 0 Å². The molecule has 0 fully saturated rings. The molecule has 0 bridgehead atoms. The van der Waals surface area contributed by atoms with E-state index in [-0.39, 0.29) is 0 Å². The van der Waals surface area contributed by atoms with E-state index in [1.54, 1.807) is 11.3 Å². The molecule has 0 saturated carbocycles. The minimum atomic E-state index is 0.834. The molecule has 0 amide bonds. The highest BCUT2D eigenvalue weighted by molar-refractivity contribution is 7.25. The van der Waals surface area contributed by atoms with Crippen molar-refractivity contribution < 1.29 is 4.79 Å². The van der Waals surface area contributed by atoms with Crippen LogP contribution in [0.3, 0.4) is 0 Å². The molecular formula is C15H12OS. The lowest BCUT2D eigenvalue weighted by molar-refractivity contribution is 0.112. The minimum Gasteiger partial charge on any atom is -0.298 e. The van der Waals surface area contributed by atoms with Gasteiger partial charge in [-0.05, 0) is 37.1 Å². The van der Waals surface area contributed by atoms with Gasteiger partial charge in [0.25, 0.3) is 0 Å². The summed E-state index contributed by atoms with van der Waals surface area (Å²) in [4.78, 5) is 11.2. The Labute approximate surface area is 104 Å². The third-order valence-corrected chi connectivity index (χ3v) is 4.41. The second kappa shape index (κ2) is 3.67. The summed E-state index contributed by atoms with van der Waals surface area (Å²) >= 11 is 1.79. The minimum absolute atomic E-state index is 0.834. The Kier molecular flexibility index (Phi) is 2.26. The van der Waals surface area contributed by atoms with Gasteiger partial charge in [0.1, 0.15) is 0 Å². The van der Waals surface area contributed by atoms with Gasteiger partial charge in [0.15, 0.2) is 6.29 Å². The molecule has 1 nitrogen and oxygen atoms in total. The Morgan fingerprint density at radius 3 is 2.65 bits per heavy atom. The predicted molar refractivity (Wildman–Crippen MR) is 74.2 cm³/mol. The van der Waals surface area contributed by atoms with Crippen molar-refractivity contribution in [3.63, 3.8) is 0 Å². The molecule has 0 N–H and O–H groups in total. The summed E-state index contributed by atoms with van der Waals surface area (Å²) in [7, 11) is 0. The molecule has 1 heterocycles. The zero-order valence-electron chi connectivity index (χ0n) is 9.78. The molecule has 0 radical (unpaired) electrons. The highest BCUT2D eigenvalue weighted by Gasteiger charge is 2.11. The summed E-state index contributed by atoms with van der Waals surface area (Å²) < 4.78 is 2.56. The normalized spacial score (nSPS) is 11.2. The first-order chi connectivity index (χ1) is 8.22. The molecule has 0 aliphatic rings. The Hall–Kier alpha value is -1.67. The van der Waals surface area contributed by atoms with Crippen molar-refractivity contribution in [2.24, 2.45) is 0 Å². The number of carbonyl (C=O) groups is 1. The summed E-state index contributed by atoms with van der Waals surface area (Å²) in [5.41, 5.74) is 3.00. The van der Waals surface area contributed by atoms with Crippen LogP contribution >= 0.6 is 11.3 Å². The Morgan fingerprint density at radius 2 is 1.88 bits per heavy atom. The Balaban J connectivity index is 2.60. The van der Waals surface area contributed by atoms with Crippen LogP contribution in [0, 0.1) is 13.8 Å². The van der Waals surface area contributed by atoms with Crippen LogP contribution in [-0.2, 0) is 0 Å². The summed E-state index contributed by atoms with van der Waals surface area (Å²) in [6.45, 7) is 4.04. The van der Waals surface area contributed by atoms with Crippen molar-refractivity contribution in [1.29, 1.82) is 0 Å². The van der Waals surface area contributed by atoms with E-state index < -0.39 is 0 Å². The summed E-state index contributed by atoms with van der Waals surface area (Å²) in [6.07, 6.45) is 0.969. The molecule has 0 aliphatic heterocycles. The van der Waals surface area contributed by atoms with Crippen LogP contribution < -0.4 is 0 Å². The first-order valence-electron chi connectivity index (χ1n) is 5.59. The smallest absolute Gasteiger partial charge is 0.150 e. The molecule has 0 atom stereocenters. The molecule has 0 spiro atoms. The van der Waals surface area contributed by atoms with E-state index in [0.717, 1.165) is 23.0 Å². The van der Waals surface area contributed by atoms with Crippen LogP contribution in [0.5, 0.6) is 0 Å². The van der Waals surface area contributed by atoms with E-state index in [1.807, 2.05) is 19.9 Å². The van der Waals surface area contributed by atoms with Gasteiger partial charge in [-0.25, -0.2) is 0 Å². The number of fused-ring (bicyclic) bond motifs is 3. The van der Waals surface area contributed by atoms with Gasteiger partial charge in [0, 0.05) is 25.7 Å². The standard InChI is InChI=1S/C15H12OS/c1-9-7-14-15(10(2)12(9)8-16)11-5-3-4-6-13(11)17-14/h3-8H,1-2H3. The molecule has 0 aliphatic carbocycles. The maximum Gasteiger partial charge on any atom is 0.150 e. The Morgan fingerprint density at radius 1 is 1.12 bits per heavy atom. The maximum atomic E-state index is 11.2. The fraction of sp³-hybridized carbons (Fsp3) is 0.133. The lowest BCUT2D eigenvalue weighted by Gasteiger charge is -2.05. The van der Waals surface area contributed by atoms with Gasteiger partial charge < -0.3 is 0 Å². The molecule has 1 aromatic heterocycles. The van der Waals surface area contributed by atoms with E-state index in [2.05, 4.69) is 24.3 Å². The van der Waals surface area contributed by atoms with E-state index in [4.69, 9.17) is 0 Å². The van der Waals surface area contributed by atoms with Crippen molar-refractivity contribution in [1.82, 2.24) is 0 Å². The van der Waals surface area contributed by atoms with Crippen LogP contribution in [0.4, 0.5) is 0 Å². The second-order valence-electron chi connectivity index (χ2n) is 4.32. The van der Waals surface area contributed by atoms with Crippen LogP contribution in [-0.4, -0.2) is 6.29 Å². The van der Waals surface area contributed by atoms with Crippen LogP contribution in [0.15, 0.2) is 30.3 Å². The highest BCUT2D eigenvalue weighted by atomic mass is 32.1. The van der Waals surface area contributed by atoms with Gasteiger partial charge >= 0.3 is 0 Å². The number of benzene rings is 2. The number of aryl methyl sites for hydroxylation is 2. The molecule has 2 heteroatoms. The third kappa shape index (κ3) is 1.41. The predicted octanol–water partition coefficient (Wildman–Crippen LogP) is 4.48. The first kappa shape index (κ1) is 10.5.